The normalized spacial score (nSPS) is 21.3. The smallest absolute Gasteiger partial charge is 0.213 e. The third-order valence-electron chi connectivity index (χ3n) is 2.75. The molecule has 1 saturated heterocycles. The van der Waals surface area contributed by atoms with Gasteiger partial charge in [0.05, 0.1) is 7.11 Å². The highest BCUT2D eigenvalue weighted by Crippen LogP contribution is 2.30. The average molecular weight is 271 g/mol. The number of ether oxygens (including phenoxy) is 1. The van der Waals surface area contributed by atoms with Crippen LogP contribution in [0, 0.1) is 0 Å². The second-order valence-electron chi connectivity index (χ2n) is 3.75. The number of nitrogens with one attached hydrogen (secondary N) is 1. The standard InChI is InChI=1S/C11H15BrN2O/c1-15-11-6-8(9(12)7-14-11)10-4-2-3-5-13-10/h6-7,10,13H,2-5H2,1H3. The molecule has 3 nitrogen and oxygen atoms in total. The number of hydrogen-bond donors (Lipinski definition) is 1. The van der Waals surface area contributed by atoms with Crippen LogP contribution in [0.2, 0.25) is 0 Å². The fraction of sp³-hybridized carbons (Fsp3) is 0.545. The Morgan fingerprint density at radius 1 is 1.53 bits per heavy atom. The summed E-state index contributed by atoms with van der Waals surface area (Å²) >= 11 is 3.54. The summed E-state index contributed by atoms with van der Waals surface area (Å²) in [6, 6.07) is 2.44. The van der Waals surface area contributed by atoms with Crippen LogP contribution in [0.1, 0.15) is 30.9 Å². The second-order valence-corrected chi connectivity index (χ2v) is 4.61. The zero-order chi connectivity index (χ0) is 10.7. The maximum atomic E-state index is 5.14. The van der Waals surface area contributed by atoms with E-state index in [-0.39, 0.29) is 0 Å². The molecular formula is C11H15BrN2O. The topological polar surface area (TPSA) is 34.1 Å². The molecule has 1 unspecified atom stereocenters. The van der Waals surface area contributed by atoms with Crippen LogP contribution in [0.4, 0.5) is 0 Å². The van der Waals surface area contributed by atoms with Crippen LogP contribution in [-0.4, -0.2) is 18.6 Å². The van der Waals surface area contributed by atoms with E-state index < -0.39 is 0 Å². The van der Waals surface area contributed by atoms with Gasteiger partial charge < -0.3 is 10.1 Å². The van der Waals surface area contributed by atoms with Crippen molar-refractivity contribution in [1.82, 2.24) is 10.3 Å². The largest absolute Gasteiger partial charge is 0.481 e. The summed E-state index contributed by atoms with van der Waals surface area (Å²) in [6.07, 6.45) is 5.56. The van der Waals surface area contributed by atoms with Gasteiger partial charge in [-0.1, -0.05) is 6.42 Å². The minimum absolute atomic E-state index is 0.435. The predicted molar refractivity (Wildman–Crippen MR) is 63.1 cm³/mol. The van der Waals surface area contributed by atoms with Gasteiger partial charge in [-0.3, -0.25) is 0 Å². The summed E-state index contributed by atoms with van der Waals surface area (Å²) in [5.74, 6) is 0.681. The van der Waals surface area contributed by atoms with Crippen LogP contribution in [0.15, 0.2) is 16.7 Å². The maximum Gasteiger partial charge on any atom is 0.213 e. The number of halogens is 1. The Hall–Kier alpha value is -0.610. The van der Waals surface area contributed by atoms with E-state index in [1.165, 1.54) is 24.8 Å². The van der Waals surface area contributed by atoms with E-state index in [1.807, 2.05) is 12.3 Å². The average Bonchev–Trinajstić information content (AvgIpc) is 2.31. The molecule has 0 bridgehead atoms. The van der Waals surface area contributed by atoms with E-state index in [9.17, 15) is 0 Å². The first-order chi connectivity index (χ1) is 7.31. The molecule has 0 radical (unpaired) electrons. The van der Waals surface area contributed by atoms with Gasteiger partial charge in [-0.15, -0.1) is 0 Å². The molecule has 1 aromatic rings. The molecule has 82 valence electrons. The fourth-order valence-corrected chi connectivity index (χ4v) is 2.42. The highest BCUT2D eigenvalue weighted by Gasteiger charge is 2.17. The molecule has 4 heteroatoms. The van der Waals surface area contributed by atoms with Crippen molar-refractivity contribution in [2.24, 2.45) is 0 Å². The lowest BCUT2D eigenvalue weighted by Crippen LogP contribution is -2.27. The third kappa shape index (κ3) is 2.49. The number of methoxy groups -OCH3 is 1. The van der Waals surface area contributed by atoms with Crippen molar-refractivity contribution >= 4 is 15.9 Å². The minimum Gasteiger partial charge on any atom is -0.481 e. The van der Waals surface area contributed by atoms with Crippen LogP contribution in [0.5, 0.6) is 5.88 Å². The number of piperidine rings is 1. The lowest BCUT2D eigenvalue weighted by Gasteiger charge is -2.24. The van der Waals surface area contributed by atoms with Gasteiger partial charge >= 0.3 is 0 Å². The molecule has 0 aromatic carbocycles. The summed E-state index contributed by atoms with van der Waals surface area (Å²) in [5.41, 5.74) is 1.25. The number of hydrogen-bond acceptors (Lipinski definition) is 3. The number of aromatic nitrogens is 1. The van der Waals surface area contributed by atoms with Gasteiger partial charge in [-0.05, 0) is 40.9 Å². The summed E-state index contributed by atoms with van der Waals surface area (Å²) in [7, 11) is 1.65. The molecule has 2 heterocycles. The Bertz CT molecular complexity index is 337. The van der Waals surface area contributed by atoms with Crippen LogP contribution in [0.25, 0.3) is 0 Å². The number of pyridine rings is 1. The number of rotatable bonds is 2. The van der Waals surface area contributed by atoms with E-state index in [1.54, 1.807) is 7.11 Å². The fourth-order valence-electron chi connectivity index (χ4n) is 1.93. The van der Waals surface area contributed by atoms with Crippen molar-refractivity contribution in [3.8, 4) is 5.88 Å². The Balaban J connectivity index is 2.24. The Labute approximate surface area is 98.4 Å². The summed E-state index contributed by atoms with van der Waals surface area (Å²) in [6.45, 7) is 1.10. The molecule has 2 rings (SSSR count). The lowest BCUT2D eigenvalue weighted by molar-refractivity contribution is 0.388. The molecular weight excluding hydrogens is 256 g/mol. The molecule has 1 aromatic heterocycles. The molecule has 0 spiro atoms. The third-order valence-corrected chi connectivity index (χ3v) is 3.42. The highest BCUT2D eigenvalue weighted by molar-refractivity contribution is 9.10. The summed E-state index contributed by atoms with van der Waals surface area (Å²) < 4.78 is 6.20. The SMILES string of the molecule is COc1cc(C2CCCCN2)c(Br)cn1. The quantitative estimate of drug-likeness (QED) is 0.898. The predicted octanol–water partition coefficient (Wildman–Crippen LogP) is 2.67. The van der Waals surface area contributed by atoms with Gasteiger partial charge in [0.2, 0.25) is 5.88 Å². The molecule has 1 aliphatic heterocycles. The molecule has 1 fully saturated rings. The maximum absolute atomic E-state index is 5.14. The molecule has 1 atom stereocenters. The van der Waals surface area contributed by atoms with Crippen molar-refractivity contribution in [1.29, 1.82) is 0 Å². The van der Waals surface area contributed by atoms with Crippen LogP contribution >= 0.6 is 15.9 Å². The van der Waals surface area contributed by atoms with Crippen LogP contribution in [-0.2, 0) is 0 Å². The van der Waals surface area contributed by atoms with E-state index in [0.29, 0.717) is 11.9 Å². The number of nitrogens with zero attached hydrogens (tertiary/aromatic N) is 1. The Kier molecular flexibility index (Phi) is 3.59. The zero-order valence-electron chi connectivity index (χ0n) is 8.79. The van der Waals surface area contributed by atoms with Gasteiger partial charge in [0.25, 0.3) is 0 Å². The Morgan fingerprint density at radius 3 is 3.07 bits per heavy atom. The summed E-state index contributed by atoms with van der Waals surface area (Å²) in [5, 5.41) is 3.51. The Morgan fingerprint density at radius 2 is 2.40 bits per heavy atom. The van der Waals surface area contributed by atoms with Gasteiger partial charge in [0.1, 0.15) is 0 Å². The molecule has 0 aliphatic carbocycles. The van der Waals surface area contributed by atoms with Crippen molar-refractivity contribution in [3.05, 3.63) is 22.3 Å². The van der Waals surface area contributed by atoms with Crippen molar-refractivity contribution in [2.75, 3.05) is 13.7 Å². The van der Waals surface area contributed by atoms with E-state index in [4.69, 9.17) is 4.74 Å². The van der Waals surface area contributed by atoms with E-state index in [2.05, 4.69) is 26.2 Å². The van der Waals surface area contributed by atoms with Gasteiger partial charge in [-0.2, -0.15) is 0 Å². The second kappa shape index (κ2) is 4.94. The summed E-state index contributed by atoms with van der Waals surface area (Å²) in [4.78, 5) is 4.16. The van der Waals surface area contributed by atoms with Gasteiger partial charge in [-0.25, -0.2) is 4.98 Å². The zero-order valence-corrected chi connectivity index (χ0v) is 10.4. The minimum atomic E-state index is 0.435. The van der Waals surface area contributed by atoms with Crippen molar-refractivity contribution < 1.29 is 4.74 Å². The lowest BCUT2D eigenvalue weighted by atomic mass is 9.98. The first-order valence-corrected chi connectivity index (χ1v) is 6.03. The van der Waals surface area contributed by atoms with Gasteiger partial charge in [0, 0.05) is 22.8 Å². The van der Waals surface area contributed by atoms with Crippen LogP contribution < -0.4 is 10.1 Å². The molecule has 0 saturated carbocycles. The van der Waals surface area contributed by atoms with Gasteiger partial charge in [0.15, 0.2) is 0 Å². The highest BCUT2D eigenvalue weighted by atomic mass is 79.9. The van der Waals surface area contributed by atoms with Crippen molar-refractivity contribution in [2.45, 2.75) is 25.3 Å². The van der Waals surface area contributed by atoms with E-state index >= 15 is 0 Å². The monoisotopic (exact) mass is 270 g/mol. The molecule has 0 amide bonds. The molecule has 15 heavy (non-hydrogen) atoms. The van der Waals surface area contributed by atoms with Crippen molar-refractivity contribution in [3.63, 3.8) is 0 Å². The van der Waals surface area contributed by atoms with E-state index in [0.717, 1.165) is 11.0 Å². The molecule has 1 N–H and O–H groups in total. The first-order valence-electron chi connectivity index (χ1n) is 5.24. The van der Waals surface area contributed by atoms with Crippen LogP contribution in [0.3, 0.4) is 0 Å². The first kappa shape index (κ1) is 10.9. The molecule has 1 aliphatic rings.